The Morgan fingerprint density at radius 1 is 1.24 bits per heavy atom. The van der Waals surface area contributed by atoms with Crippen LogP contribution in [0.2, 0.25) is 0 Å². The highest BCUT2D eigenvalue weighted by Gasteiger charge is 2.35. The summed E-state index contributed by atoms with van der Waals surface area (Å²) in [7, 11) is 0. The lowest BCUT2D eigenvalue weighted by atomic mass is 9.72. The van der Waals surface area contributed by atoms with Crippen molar-refractivity contribution in [1.82, 2.24) is 4.98 Å². The Morgan fingerprint density at radius 2 is 1.90 bits per heavy atom. The van der Waals surface area contributed by atoms with Crippen LogP contribution in [-0.4, -0.2) is 10.1 Å². The Hall–Kier alpha value is -0.890. The van der Waals surface area contributed by atoms with Gasteiger partial charge in [0.2, 0.25) is 0 Å². The van der Waals surface area contributed by atoms with Gasteiger partial charge in [-0.3, -0.25) is 4.98 Å². The van der Waals surface area contributed by atoms with Gasteiger partial charge in [-0.1, -0.05) is 40.5 Å². The average Bonchev–Trinajstić information content (AvgIpc) is 2.89. The average molecular weight is 286 g/mol. The van der Waals surface area contributed by atoms with E-state index in [-0.39, 0.29) is 11.5 Å². The van der Waals surface area contributed by atoms with Crippen LogP contribution < -0.4 is 0 Å². The Morgan fingerprint density at radius 3 is 2.52 bits per heavy atom. The summed E-state index contributed by atoms with van der Waals surface area (Å²) in [6, 6.07) is 3.60. The molecule has 1 atom stereocenters. The van der Waals surface area contributed by atoms with Crippen LogP contribution in [0.25, 0.3) is 0 Å². The first-order valence-corrected chi connectivity index (χ1v) is 8.51. The van der Waals surface area contributed by atoms with E-state index in [9.17, 15) is 5.11 Å². The molecule has 1 heterocycles. The first-order chi connectivity index (χ1) is 9.87. The second-order valence-electron chi connectivity index (χ2n) is 8.09. The molecule has 1 N–H and O–H groups in total. The Labute approximate surface area is 129 Å². The number of fused-ring (bicyclic) bond motifs is 1. The molecule has 2 aliphatic carbocycles. The summed E-state index contributed by atoms with van der Waals surface area (Å²) < 4.78 is 0. The van der Waals surface area contributed by atoms with E-state index in [4.69, 9.17) is 4.98 Å². The van der Waals surface area contributed by atoms with Crippen molar-refractivity contribution < 1.29 is 5.11 Å². The zero-order valence-corrected chi connectivity index (χ0v) is 13.9. The van der Waals surface area contributed by atoms with Gasteiger partial charge < -0.3 is 5.11 Å². The van der Waals surface area contributed by atoms with E-state index in [1.54, 1.807) is 0 Å². The number of hydrogen-bond acceptors (Lipinski definition) is 2. The van der Waals surface area contributed by atoms with Gasteiger partial charge in [-0.15, -0.1) is 0 Å². The molecule has 0 aromatic carbocycles. The Kier molecular flexibility index (Phi) is 3.85. The summed E-state index contributed by atoms with van der Waals surface area (Å²) in [5, 5.41) is 10.6. The predicted molar refractivity (Wildman–Crippen MR) is 85.4 cm³/mol. The summed E-state index contributed by atoms with van der Waals surface area (Å²) in [5.74, 6) is 0.993. The second-order valence-corrected chi connectivity index (χ2v) is 8.09. The van der Waals surface area contributed by atoms with Gasteiger partial charge in [0.1, 0.15) is 0 Å². The molecule has 3 rings (SSSR count). The lowest BCUT2D eigenvalue weighted by Crippen LogP contribution is -2.28. The van der Waals surface area contributed by atoms with Gasteiger partial charge in [-0.25, -0.2) is 0 Å². The van der Waals surface area contributed by atoms with Crippen LogP contribution in [0.5, 0.6) is 0 Å². The maximum Gasteiger partial charge on any atom is 0.0815 e. The summed E-state index contributed by atoms with van der Waals surface area (Å²) in [5.41, 5.74) is 4.75. The SMILES string of the molecule is CC(C)c1[c]c(C2CCCC2)nc2c1[C@@H](O)CC(C)(C)C2. The topological polar surface area (TPSA) is 33.1 Å². The van der Waals surface area contributed by atoms with Crippen LogP contribution in [0.4, 0.5) is 0 Å². The van der Waals surface area contributed by atoms with Crippen molar-refractivity contribution >= 4 is 0 Å². The quantitative estimate of drug-likeness (QED) is 0.857. The van der Waals surface area contributed by atoms with Crippen LogP contribution in [-0.2, 0) is 6.42 Å². The molecular formula is C19H28NO. The number of rotatable bonds is 2. The largest absolute Gasteiger partial charge is 0.388 e. The fourth-order valence-corrected chi connectivity index (χ4v) is 4.10. The standard InChI is InChI=1S/C19H28NO/c1-12(2)14-9-15(13-7-5-6-8-13)20-16-10-19(3,4)11-17(21)18(14)16/h12-13,17,21H,5-8,10-11H2,1-4H3/t17-/m0/s1. The van der Waals surface area contributed by atoms with Crippen molar-refractivity contribution in [1.29, 1.82) is 0 Å². The lowest BCUT2D eigenvalue weighted by molar-refractivity contribution is 0.0968. The fraction of sp³-hybridized carbons (Fsp3) is 0.737. The van der Waals surface area contributed by atoms with Crippen molar-refractivity contribution in [2.75, 3.05) is 0 Å². The summed E-state index contributed by atoms with van der Waals surface area (Å²) in [6.45, 7) is 8.89. The Bertz CT molecular complexity index is 527. The smallest absolute Gasteiger partial charge is 0.0815 e. The molecule has 0 unspecified atom stereocenters. The first kappa shape index (κ1) is 15.0. The number of pyridine rings is 1. The van der Waals surface area contributed by atoms with Gasteiger partial charge in [0.15, 0.2) is 0 Å². The third-order valence-electron chi connectivity index (χ3n) is 5.16. The van der Waals surface area contributed by atoms with Crippen molar-refractivity contribution in [3.63, 3.8) is 0 Å². The summed E-state index contributed by atoms with van der Waals surface area (Å²) in [4.78, 5) is 4.97. The van der Waals surface area contributed by atoms with E-state index in [0.717, 1.165) is 24.1 Å². The van der Waals surface area contributed by atoms with Crippen LogP contribution in [0.3, 0.4) is 0 Å². The zero-order valence-electron chi connectivity index (χ0n) is 13.9. The fourth-order valence-electron chi connectivity index (χ4n) is 4.10. The molecule has 21 heavy (non-hydrogen) atoms. The number of aromatic nitrogens is 1. The molecule has 1 aromatic heterocycles. The van der Waals surface area contributed by atoms with Crippen LogP contribution in [0.1, 0.15) is 100 Å². The number of nitrogens with zero attached hydrogens (tertiary/aromatic N) is 1. The molecule has 1 fully saturated rings. The Balaban J connectivity index is 2.09. The zero-order chi connectivity index (χ0) is 15.2. The van der Waals surface area contributed by atoms with Crippen LogP contribution >= 0.6 is 0 Å². The van der Waals surface area contributed by atoms with Crippen molar-refractivity contribution in [2.45, 2.75) is 84.2 Å². The van der Waals surface area contributed by atoms with Gasteiger partial charge in [-0.2, -0.15) is 0 Å². The minimum atomic E-state index is -0.373. The molecule has 1 aromatic rings. The number of hydrogen-bond donors (Lipinski definition) is 1. The number of aliphatic hydroxyl groups is 1. The molecule has 0 amide bonds. The van der Waals surface area contributed by atoms with E-state index >= 15 is 0 Å². The third-order valence-corrected chi connectivity index (χ3v) is 5.16. The van der Waals surface area contributed by atoms with Crippen LogP contribution in [0, 0.1) is 11.5 Å². The molecule has 0 saturated heterocycles. The third kappa shape index (κ3) is 2.88. The summed E-state index contributed by atoms with van der Waals surface area (Å²) in [6.07, 6.45) is 6.59. The second kappa shape index (κ2) is 5.39. The lowest BCUT2D eigenvalue weighted by Gasteiger charge is -2.36. The molecule has 115 valence electrons. The minimum absolute atomic E-state index is 0.141. The molecule has 2 nitrogen and oxygen atoms in total. The summed E-state index contributed by atoms with van der Waals surface area (Å²) >= 11 is 0. The maximum atomic E-state index is 10.6. The molecule has 0 aliphatic heterocycles. The van der Waals surface area contributed by atoms with Crippen molar-refractivity contribution in [3.05, 3.63) is 28.6 Å². The molecular weight excluding hydrogens is 258 g/mol. The van der Waals surface area contributed by atoms with Crippen LogP contribution in [0.15, 0.2) is 0 Å². The molecule has 2 heteroatoms. The van der Waals surface area contributed by atoms with Gasteiger partial charge >= 0.3 is 0 Å². The highest BCUT2D eigenvalue weighted by Crippen LogP contribution is 2.44. The minimum Gasteiger partial charge on any atom is -0.388 e. The van der Waals surface area contributed by atoms with E-state index in [0.29, 0.717) is 11.8 Å². The van der Waals surface area contributed by atoms with Crippen molar-refractivity contribution in [3.8, 4) is 0 Å². The molecule has 1 saturated carbocycles. The van der Waals surface area contributed by atoms with Gasteiger partial charge in [0, 0.05) is 23.2 Å². The van der Waals surface area contributed by atoms with E-state index < -0.39 is 0 Å². The van der Waals surface area contributed by atoms with E-state index in [1.165, 1.54) is 36.9 Å². The monoisotopic (exact) mass is 286 g/mol. The number of aliphatic hydroxyl groups excluding tert-OH is 1. The van der Waals surface area contributed by atoms with Gasteiger partial charge in [0.05, 0.1) is 11.8 Å². The normalized spacial score (nSPS) is 25.3. The van der Waals surface area contributed by atoms with E-state index in [2.05, 4.69) is 33.8 Å². The molecule has 1 radical (unpaired) electrons. The predicted octanol–water partition coefficient (Wildman–Crippen LogP) is 4.67. The highest BCUT2D eigenvalue weighted by molar-refractivity contribution is 5.39. The molecule has 2 aliphatic rings. The van der Waals surface area contributed by atoms with Gasteiger partial charge in [0.25, 0.3) is 0 Å². The van der Waals surface area contributed by atoms with Gasteiger partial charge in [-0.05, 0) is 42.6 Å². The molecule has 0 spiro atoms. The highest BCUT2D eigenvalue weighted by atomic mass is 16.3. The first-order valence-electron chi connectivity index (χ1n) is 8.51. The van der Waals surface area contributed by atoms with Crippen molar-refractivity contribution in [2.24, 2.45) is 5.41 Å². The van der Waals surface area contributed by atoms with E-state index in [1.807, 2.05) is 0 Å². The maximum absolute atomic E-state index is 10.6. The molecule has 0 bridgehead atoms.